The van der Waals surface area contributed by atoms with Gasteiger partial charge < -0.3 is 18.9 Å². The molecule has 0 aromatic rings. The molecule has 0 radical (unpaired) electrons. The summed E-state index contributed by atoms with van der Waals surface area (Å²) in [5.41, 5.74) is 0. The van der Waals surface area contributed by atoms with Gasteiger partial charge in [-0.1, -0.05) is 226 Å². The Balaban J connectivity index is 4.13. The van der Waals surface area contributed by atoms with E-state index in [1.807, 2.05) is 21.1 Å². The van der Waals surface area contributed by atoms with Crippen LogP contribution in [0.1, 0.15) is 219 Å². The van der Waals surface area contributed by atoms with Crippen molar-refractivity contribution in [2.45, 2.75) is 225 Å². The van der Waals surface area contributed by atoms with Gasteiger partial charge in [-0.15, -0.1) is 0 Å². The molecule has 0 heterocycles. The second-order valence-corrected chi connectivity index (χ2v) is 21.4. The second-order valence-electron chi connectivity index (χ2n) is 19.9. The van der Waals surface area contributed by atoms with E-state index in [1.165, 1.54) is 103 Å². The van der Waals surface area contributed by atoms with Crippen molar-refractivity contribution in [2.75, 3.05) is 54.1 Å². The Morgan fingerprint density at radius 2 is 0.775 bits per heavy atom. The standard InChI is InChI=1S/C62H108NO7P/c1-6-8-10-12-14-16-18-20-22-24-26-28-30-32-33-35-37-39-41-43-45-47-49-51-53-55-62(64)70-61(60-69-71(65,66)68-58-56-63(3,4)5)59-67-57-54-52-50-48-46-44-42-40-38-36-34-31-29-27-25-23-21-19-17-15-13-11-9-7-2/h8-11,14-17,20-23,26-29,34,36,61H,6-7,12-13,18-19,24-25,30-33,35,37-60H2,1-5H3/p+1/b10-8-,11-9-,16-14-,17-15-,22-20-,23-21-,28-26-,29-27-,36-34-. The van der Waals surface area contributed by atoms with Crippen molar-refractivity contribution < 1.29 is 37.3 Å². The summed E-state index contributed by atoms with van der Waals surface area (Å²) >= 11 is 0. The van der Waals surface area contributed by atoms with Gasteiger partial charge in [0, 0.05) is 13.0 Å². The fourth-order valence-corrected chi connectivity index (χ4v) is 8.25. The summed E-state index contributed by atoms with van der Waals surface area (Å²) in [4.78, 5) is 23.1. The molecule has 0 spiro atoms. The van der Waals surface area contributed by atoms with E-state index in [1.54, 1.807) is 0 Å². The van der Waals surface area contributed by atoms with Gasteiger partial charge in [-0.3, -0.25) is 13.8 Å². The maximum absolute atomic E-state index is 12.8. The van der Waals surface area contributed by atoms with Crippen LogP contribution < -0.4 is 0 Å². The monoisotopic (exact) mass is 1010 g/mol. The molecule has 0 rings (SSSR count). The number of carbonyl (C=O) groups is 1. The normalized spacial score (nSPS) is 14.3. The van der Waals surface area contributed by atoms with E-state index in [0.717, 1.165) is 96.3 Å². The zero-order valence-electron chi connectivity index (χ0n) is 46.4. The molecule has 0 aliphatic carbocycles. The summed E-state index contributed by atoms with van der Waals surface area (Å²) < 4.78 is 35.3. The van der Waals surface area contributed by atoms with E-state index in [2.05, 4.69) is 123 Å². The van der Waals surface area contributed by atoms with Crippen LogP contribution in [0.4, 0.5) is 0 Å². The van der Waals surface area contributed by atoms with Gasteiger partial charge in [-0.2, -0.15) is 0 Å². The van der Waals surface area contributed by atoms with Crippen LogP contribution in [0, 0.1) is 0 Å². The number of quaternary nitrogens is 1. The third-order valence-corrected chi connectivity index (χ3v) is 12.8. The molecule has 0 aromatic heterocycles. The van der Waals surface area contributed by atoms with Crippen LogP contribution in [0.2, 0.25) is 0 Å². The fourth-order valence-electron chi connectivity index (χ4n) is 7.51. The summed E-state index contributed by atoms with van der Waals surface area (Å²) in [6, 6.07) is 0. The molecule has 408 valence electrons. The third-order valence-electron chi connectivity index (χ3n) is 11.8. The number of ether oxygens (including phenoxy) is 2. The smallest absolute Gasteiger partial charge is 0.457 e. The van der Waals surface area contributed by atoms with Gasteiger partial charge in [-0.05, 0) is 96.3 Å². The Bertz CT molecular complexity index is 1500. The number of unbranched alkanes of at least 4 members (excludes halogenated alkanes) is 20. The van der Waals surface area contributed by atoms with Crippen LogP contribution in [0.5, 0.6) is 0 Å². The highest BCUT2D eigenvalue weighted by atomic mass is 31.2. The molecular weight excluding hydrogens is 902 g/mol. The minimum Gasteiger partial charge on any atom is -0.457 e. The van der Waals surface area contributed by atoms with Crippen molar-refractivity contribution in [1.29, 1.82) is 0 Å². The molecule has 0 amide bonds. The molecule has 2 atom stereocenters. The summed E-state index contributed by atoms with van der Waals surface area (Å²) in [5.74, 6) is -0.322. The van der Waals surface area contributed by atoms with Crippen molar-refractivity contribution in [1.82, 2.24) is 0 Å². The van der Waals surface area contributed by atoms with Gasteiger partial charge in [0.1, 0.15) is 19.3 Å². The predicted molar refractivity (Wildman–Crippen MR) is 307 cm³/mol. The number of nitrogens with zero attached hydrogens (tertiary/aromatic N) is 1. The molecule has 71 heavy (non-hydrogen) atoms. The fraction of sp³-hybridized carbons (Fsp3) is 0.694. The number of likely N-dealkylation sites (N-methyl/N-ethyl adjacent to an activating group) is 1. The first-order valence-electron chi connectivity index (χ1n) is 28.6. The van der Waals surface area contributed by atoms with Crippen molar-refractivity contribution in [3.05, 3.63) is 109 Å². The van der Waals surface area contributed by atoms with Gasteiger partial charge in [0.25, 0.3) is 0 Å². The quantitative estimate of drug-likeness (QED) is 0.0213. The molecule has 2 unspecified atom stereocenters. The molecule has 0 aromatic carbocycles. The highest BCUT2D eigenvalue weighted by molar-refractivity contribution is 7.47. The summed E-state index contributed by atoms with van der Waals surface area (Å²) in [7, 11) is 1.65. The van der Waals surface area contributed by atoms with E-state index in [0.29, 0.717) is 24.1 Å². The van der Waals surface area contributed by atoms with Crippen LogP contribution in [0.3, 0.4) is 0 Å². The summed E-state index contributed by atoms with van der Waals surface area (Å²) in [6.07, 6.45) is 75.7. The molecule has 0 saturated carbocycles. The zero-order valence-corrected chi connectivity index (χ0v) is 47.3. The Hall–Kier alpha value is -2.84. The molecule has 1 N–H and O–H groups in total. The number of hydrogen-bond acceptors (Lipinski definition) is 6. The second kappa shape index (κ2) is 53.5. The topological polar surface area (TPSA) is 91.3 Å². The summed E-state index contributed by atoms with van der Waals surface area (Å²) in [6.45, 7) is 5.37. The minimum absolute atomic E-state index is 0.0809. The molecule has 0 aliphatic heterocycles. The van der Waals surface area contributed by atoms with E-state index in [9.17, 15) is 14.3 Å². The van der Waals surface area contributed by atoms with Gasteiger partial charge >= 0.3 is 13.8 Å². The first kappa shape index (κ1) is 68.2. The lowest BCUT2D eigenvalue weighted by atomic mass is 10.0. The lowest BCUT2D eigenvalue weighted by Crippen LogP contribution is -2.37. The number of rotatable bonds is 52. The Morgan fingerprint density at radius 3 is 1.15 bits per heavy atom. The maximum atomic E-state index is 12.8. The highest BCUT2D eigenvalue weighted by Crippen LogP contribution is 2.43. The lowest BCUT2D eigenvalue weighted by molar-refractivity contribution is -0.870. The first-order valence-corrected chi connectivity index (χ1v) is 30.1. The van der Waals surface area contributed by atoms with Crippen LogP contribution >= 0.6 is 7.82 Å². The Morgan fingerprint density at radius 1 is 0.437 bits per heavy atom. The Labute approximate surface area is 438 Å². The number of allylic oxidation sites excluding steroid dienone is 18. The average molecular weight is 1010 g/mol. The number of carbonyl (C=O) groups excluding carboxylic acids is 1. The van der Waals surface area contributed by atoms with Crippen LogP contribution in [-0.4, -0.2) is 75.6 Å². The minimum atomic E-state index is -4.30. The average Bonchev–Trinajstić information content (AvgIpc) is 3.33. The van der Waals surface area contributed by atoms with Gasteiger partial charge in [0.05, 0.1) is 34.4 Å². The van der Waals surface area contributed by atoms with Crippen LogP contribution in [0.25, 0.3) is 0 Å². The van der Waals surface area contributed by atoms with E-state index in [-0.39, 0.29) is 25.8 Å². The van der Waals surface area contributed by atoms with Gasteiger partial charge in [0.15, 0.2) is 0 Å². The van der Waals surface area contributed by atoms with Gasteiger partial charge in [-0.25, -0.2) is 4.57 Å². The van der Waals surface area contributed by atoms with Crippen molar-refractivity contribution in [2.24, 2.45) is 0 Å². The lowest BCUT2D eigenvalue weighted by Gasteiger charge is -2.24. The first-order chi connectivity index (χ1) is 34.6. The van der Waals surface area contributed by atoms with Crippen molar-refractivity contribution >= 4 is 13.8 Å². The third kappa shape index (κ3) is 57.9. The van der Waals surface area contributed by atoms with Crippen LogP contribution in [0.15, 0.2) is 109 Å². The van der Waals surface area contributed by atoms with Gasteiger partial charge in [0.2, 0.25) is 0 Å². The molecule has 0 fully saturated rings. The molecular formula is C62H109NO7P+. The highest BCUT2D eigenvalue weighted by Gasteiger charge is 2.26. The molecule has 0 bridgehead atoms. The predicted octanol–water partition coefficient (Wildman–Crippen LogP) is 18.3. The number of phosphoric acid groups is 1. The largest absolute Gasteiger partial charge is 0.472 e. The van der Waals surface area contributed by atoms with E-state index < -0.39 is 13.9 Å². The number of esters is 1. The molecule has 0 saturated heterocycles. The molecule has 0 aliphatic rings. The number of hydrogen-bond donors (Lipinski definition) is 1. The number of phosphoric ester groups is 1. The van der Waals surface area contributed by atoms with E-state index in [4.69, 9.17) is 18.5 Å². The summed E-state index contributed by atoms with van der Waals surface area (Å²) in [5, 5.41) is 0. The molecule has 9 heteroatoms. The van der Waals surface area contributed by atoms with Crippen molar-refractivity contribution in [3.8, 4) is 0 Å². The van der Waals surface area contributed by atoms with Crippen LogP contribution in [-0.2, 0) is 27.9 Å². The Kier molecular flexibility index (Phi) is 51.3. The zero-order chi connectivity index (χ0) is 51.9. The molecule has 8 nitrogen and oxygen atoms in total. The maximum Gasteiger partial charge on any atom is 0.472 e. The van der Waals surface area contributed by atoms with E-state index >= 15 is 0 Å². The SMILES string of the molecule is CC/C=C\C/C=C\C/C=C\C/C=C\C/C=C\CCCCCCCCCCOCC(COP(=O)(O)OCC[N+](C)(C)C)OC(=O)CCCCCCCCCCCCCC/C=C\C/C=C\C/C=C\C/C=C\CC. The van der Waals surface area contributed by atoms with Crippen molar-refractivity contribution in [3.63, 3.8) is 0 Å².